The predicted molar refractivity (Wildman–Crippen MR) is 114 cm³/mol. The van der Waals surface area contributed by atoms with Gasteiger partial charge in [-0.3, -0.25) is 20.2 Å². The van der Waals surface area contributed by atoms with Crippen molar-refractivity contribution in [2.75, 3.05) is 5.32 Å². The molecule has 0 spiro atoms. The number of ether oxygens (including phenoxy) is 1. The Morgan fingerprint density at radius 3 is 2.64 bits per heavy atom. The maximum Gasteiger partial charge on any atom is 0.412 e. The molecule has 33 heavy (non-hydrogen) atoms. The van der Waals surface area contributed by atoms with Gasteiger partial charge in [0.1, 0.15) is 12.4 Å². The van der Waals surface area contributed by atoms with E-state index in [1.807, 2.05) is 0 Å². The lowest BCUT2D eigenvalue weighted by atomic mass is 10.1. The van der Waals surface area contributed by atoms with Gasteiger partial charge in [0.15, 0.2) is 0 Å². The van der Waals surface area contributed by atoms with Gasteiger partial charge in [-0.2, -0.15) is 0 Å². The Bertz CT molecular complexity index is 1440. The molecule has 166 valence electrons. The van der Waals surface area contributed by atoms with Gasteiger partial charge in [0.05, 0.1) is 27.2 Å². The number of amides is 1. The highest BCUT2D eigenvalue weighted by molar-refractivity contribution is 5.90. The van der Waals surface area contributed by atoms with Crippen LogP contribution in [0, 0.1) is 10.1 Å². The van der Waals surface area contributed by atoms with Crippen LogP contribution in [0.15, 0.2) is 53.5 Å². The fourth-order valence-corrected chi connectivity index (χ4v) is 2.99. The number of rotatable bonds is 6. The number of nitro groups is 1. The number of para-hydroxylation sites is 1. The molecule has 0 saturated heterocycles. The highest BCUT2D eigenvalue weighted by Crippen LogP contribution is 2.31. The summed E-state index contributed by atoms with van der Waals surface area (Å²) in [5.41, 5.74) is -1.29. The largest absolute Gasteiger partial charge is 0.476 e. The lowest BCUT2D eigenvalue weighted by Crippen LogP contribution is -2.19. The van der Waals surface area contributed by atoms with Gasteiger partial charge < -0.3 is 19.8 Å². The van der Waals surface area contributed by atoms with E-state index in [1.165, 1.54) is 12.3 Å². The number of benzene rings is 2. The Hall–Kier alpha value is -5.07. The Kier molecular flexibility index (Phi) is 5.51. The van der Waals surface area contributed by atoms with Crippen LogP contribution >= 0.6 is 0 Å². The lowest BCUT2D eigenvalue weighted by Gasteiger charge is -2.05. The quantitative estimate of drug-likeness (QED) is 0.252. The summed E-state index contributed by atoms with van der Waals surface area (Å²) < 4.78 is 5.10. The topological polar surface area (TPSA) is 193 Å². The van der Waals surface area contributed by atoms with Crippen LogP contribution in [0.1, 0.15) is 16.2 Å². The zero-order chi connectivity index (χ0) is 23.5. The smallest absolute Gasteiger partial charge is 0.412 e. The minimum absolute atomic E-state index is 0.00312. The number of hydrogen-bond donors (Lipinski definition) is 4. The third-order valence-corrected chi connectivity index (χ3v) is 4.47. The van der Waals surface area contributed by atoms with Crippen LogP contribution < -0.4 is 10.9 Å². The van der Waals surface area contributed by atoms with Gasteiger partial charge in [-0.1, -0.05) is 18.2 Å². The maximum atomic E-state index is 11.9. The number of carbonyl (C=O) groups is 2. The molecule has 4 rings (SSSR count). The van der Waals surface area contributed by atoms with Crippen LogP contribution in [0.2, 0.25) is 0 Å². The molecule has 0 unspecified atom stereocenters. The molecule has 0 atom stereocenters. The number of nitro benzene ring substituents is 1. The molecule has 2 aromatic heterocycles. The number of nitrogens with zero attached hydrogens (tertiary/aromatic N) is 3. The van der Waals surface area contributed by atoms with Crippen LogP contribution in [0.5, 0.6) is 0 Å². The van der Waals surface area contributed by atoms with Gasteiger partial charge in [0, 0.05) is 18.0 Å². The number of imidazole rings is 1. The van der Waals surface area contributed by atoms with Crippen molar-refractivity contribution in [3.63, 3.8) is 0 Å². The summed E-state index contributed by atoms with van der Waals surface area (Å²) in [4.78, 5) is 58.8. The first-order chi connectivity index (χ1) is 15.8. The van der Waals surface area contributed by atoms with Gasteiger partial charge in [-0.05, 0) is 18.2 Å². The molecule has 4 N–H and O–H groups in total. The van der Waals surface area contributed by atoms with Gasteiger partial charge in [0.25, 0.3) is 11.2 Å². The minimum atomic E-state index is -1.54. The van der Waals surface area contributed by atoms with E-state index in [9.17, 15) is 24.5 Å². The first-order valence-corrected chi connectivity index (χ1v) is 9.31. The molecule has 0 aliphatic heterocycles. The molecular weight excluding hydrogens is 436 g/mol. The number of carboxylic acid groups (broad SMARTS) is 1. The van der Waals surface area contributed by atoms with E-state index in [2.05, 4.69) is 25.3 Å². The number of aromatic amines is 2. The summed E-state index contributed by atoms with van der Waals surface area (Å²) in [5, 5.41) is 23.2. The van der Waals surface area contributed by atoms with E-state index in [4.69, 9.17) is 9.84 Å². The molecule has 4 aromatic rings. The Morgan fingerprint density at radius 1 is 1.18 bits per heavy atom. The summed E-state index contributed by atoms with van der Waals surface area (Å²) in [6.45, 7) is -0.217. The molecule has 0 radical (unpaired) electrons. The molecule has 13 heteroatoms. The van der Waals surface area contributed by atoms with Crippen molar-refractivity contribution in [3.8, 4) is 11.4 Å². The van der Waals surface area contributed by atoms with Crippen LogP contribution in [0.4, 0.5) is 16.2 Å². The maximum absolute atomic E-state index is 11.9. The number of fused-ring (bicyclic) bond motifs is 1. The number of H-pyrrole nitrogens is 2. The molecule has 13 nitrogen and oxygen atoms in total. The normalized spacial score (nSPS) is 10.7. The third-order valence-electron chi connectivity index (χ3n) is 4.47. The van der Waals surface area contributed by atoms with Gasteiger partial charge >= 0.3 is 12.1 Å². The van der Waals surface area contributed by atoms with Crippen molar-refractivity contribution in [1.29, 1.82) is 0 Å². The van der Waals surface area contributed by atoms with Crippen LogP contribution in [-0.2, 0) is 11.3 Å². The number of carbonyl (C=O) groups excluding carboxylic acids is 1. The highest BCUT2D eigenvalue weighted by atomic mass is 16.6. The van der Waals surface area contributed by atoms with Gasteiger partial charge in [0.2, 0.25) is 5.69 Å². The Balaban J connectivity index is 1.60. The van der Waals surface area contributed by atoms with Crippen molar-refractivity contribution in [2.24, 2.45) is 0 Å². The van der Waals surface area contributed by atoms with E-state index in [0.717, 1.165) is 6.07 Å². The molecule has 0 aliphatic rings. The Morgan fingerprint density at radius 2 is 1.94 bits per heavy atom. The number of aromatic nitrogens is 4. The number of hydrogen-bond acceptors (Lipinski definition) is 8. The van der Waals surface area contributed by atoms with E-state index in [-0.39, 0.29) is 34.7 Å². The van der Waals surface area contributed by atoms with Crippen molar-refractivity contribution in [2.45, 2.75) is 6.61 Å². The molecule has 2 heterocycles. The van der Waals surface area contributed by atoms with Crippen LogP contribution in [0.25, 0.3) is 22.4 Å². The lowest BCUT2D eigenvalue weighted by molar-refractivity contribution is -0.384. The second kappa shape index (κ2) is 8.58. The van der Waals surface area contributed by atoms with Crippen LogP contribution in [0.3, 0.4) is 0 Å². The van der Waals surface area contributed by atoms with Crippen molar-refractivity contribution < 1.29 is 24.4 Å². The second-order valence-electron chi connectivity index (χ2n) is 6.67. The first-order valence-electron chi connectivity index (χ1n) is 9.31. The fourth-order valence-electron chi connectivity index (χ4n) is 2.99. The van der Waals surface area contributed by atoms with Crippen molar-refractivity contribution in [1.82, 2.24) is 19.9 Å². The standard InChI is InChI=1S/C20H14N6O7/c27-18-16(19(28)29)24-13-6-12(15(26(31)32)7-14(13)25-18)17-21-8-11(22-17)9-33-20(30)23-10-4-2-1-3-5-10/h1-8H,9H2,(H,21,22)(H,23,30)(H,25,27)(H,28,29). The molecule has 0 aliphatic carbocycles. The molecule has 1 amide bonds. The van der Waals surface area contributed by atoms with Gasteiger partial charge in [-0.25, -0.2) is 19.6 Å². The SMILES string of the molecule is O=C(Nc1ccccc1)OCc1c[nH]c(-c2cc3nc(C(=O)O)c(=O)[nH]c3cc2[N+](=O)[O-])n1. The minimum Gasteiger partial charge on any atom is -0.476 e. The first kappa shape index (κ1) is 21.2. The van der Waals surface area contributed by atoms with Gasteiger partial charge in [-0.15, -0.1) is 0 Å². The summed E-state index contributed by atoms with van der Waals surface area (Å²) in [6.07, 6.45) is 0.693. The van der Waals surface area contributed by atoms with E-state index in [0.29, 0.717) is 5.69 Å². The zero-order valence-electron chi connectivity index (χ0n) is 16.6. The number of carboxylic acids is 1. The average Bonchev–Trinajstić information content (AvgIpc) is 3.26. The van der Waals surface area contributed by atoms with Crippen molar-refractivity contribution >= 4 is 34.5 Å². The number of anilines is 1. The summed E-state index contributed by atoms with van der Waals surface area (Å²) >= 11 is 0. The number of nitrogens with one attached hydrogen (secondary N) is 3. The van der Waals surface area contributed by atoms with E-state index >= 15 is 0 Å². The zero-order valence-corrected chi connectivity index (χ0v) is 16.6. The molecule has 0 saturated carbocycles. The van der Waals surface area contributed by atoms with Crippen molar-refractivity contribution in [3.05, 3.63) is 80.5 Å². The van der Waals surface area contributed by atoms with E-state index < -0.39 is 33.9 Å². The molecular formula is C20H14N6O7. The number of aromatic carboxylic acids is 1. The predicted octanol–water partition coefficient (Wildman–Crippen LogP) is 2.67. The second-order valence-corrected chi connectivity index (χ2v) is 6.67. The molecule has 0 fully saturated rings. The molecule has 2 aromatic carbocycles. The average molecular weight is 450 g/mol. The Labute approximate surface area is 183 Å². The fraction of sp³-hybridized carbons (Fsp3) is 0.0500. The van der Waals surface area contributed by atoms with E-state index in [1.54, 1.807) is 30.3 Å². The summed E-state index contributed by atoms with van der Waals surface area (Å²) in [7, 11) is 0. The molecule has 0 bridgehead atoms. The monoisotopic (exact) mass is 450 g/mol. The summed E-state index contributed by atoms with van der Waals surface area (Å²) in [6, 6.07) is 11.0. The summed E-state index contributed by atoms with van der Waals surface area (Å²) in [5.74, 6) is -1.47. The third kappa shape index (κ3) is 4.51. The highest BCUT2D eigenvalue weighted by Gasteiger charge is 2.22. The van der Waals surface area contributed by atoms with Crippen LogP contribution in [-0.4, -0.2) is 42.0 Å².